The Balaban J connectivity index is 2.17. The van der Waals surface area contributed by atoms with Gasteiger partial charge in [-0.1, -0.05) is 11.2 Å². The van der Waals surface area contributed by atoms with E-state index in [2.05, 4.69) is 14.7 Å². The number of aromatic nitrogens is 2. The first-order valence-electron chi connectivity index (χ1n) is 5.45. The van der Waals surface area contributed by atoms with Crippen LogP contribution in [0.15, 0.2) is 29.7 Å². The molecule has 0 saturated heterocycles. The van der Waals surface area contributed by atoms with Crippen LogP contribution in [-0.4, -0.2) is 20.5 Å². The number of fused-ring (bicyclic) bond motifs is 1. The van der Waals surface area contributed by atoms with Crippen LogP contribution in [0.5, 0.6) is 0 Å². The highest BCUT2D eigenvalue weighted by atomic mass is 16.4. The Kier molecular flexibility index (Phi) is 1.96. The first-order chi connectivity index (χ1) is 7.79. The lowest BCUT2D eigenvalue weighted by atomic mass is 10.1. The van der Waals surface area contributed by atoms with Gasteiger partial charge in [0.2, 0.25) is 0 Å². The highest BCUT2D eigenvalue weighted by Crippen LogP contribution is 2.37. The van der Waals surface area contributed by atoms with Crippen LogP contribution in [0, 0.1) is 0 Å². The second-order valence-corrected chi connectivity index (χ2v) is 4.27. The summed E-state index contributed by atoms with van der Waals surface area (Å²) in [5, 5.41) is 12.0. The molecule has 1 saturated carbocycles. The summed E-state index contributed by atoms with van der Waals surface area (Å²) in [7, 11) is 0. The van der Waals surface area contributed by atoms with Crippen molar-refractivity contribution < 1.29 is 5.21 Å². The first-order valence-corrected chi connectivity index (χ1v) is 5.45. The summed E-state index contributed by atoms with van der Waals surface area (Å²) in [4.78, 5) is 4.37. The van der Waals surface area contributed by atoms with E-state index in [-0.39, 0.29) is 0 Å². The molecule has 82 valence electrons. The van der Waals surface area contributed by atoms with E-state index in [4.69, 9.17) is 5.21 Å². The quantitative estimate of drug-likeness (QED) is 0.475. The maximum absolute atomic E-state index is 8.77. The van der Waals surface area contributed by atoms with Crippen LogP contribution in [0.3, 0.4) is 0 Å². The zero-order valence-corrected chi connectivity index (χ0v) is 9.09. The van der Waals surface area contributed by atoms with Crippen molar-refractivity contribution in [1.82, 2.24) is 9.55 Å². The van der Waals surface area contributed by atoms with Crippen molar-refractivity contribution in [1.29, 1.82) is 0 Å². The Labute approximate surface area is 93.2 Å². The molecule has 1 aliphatic carbocycles. The Bertz CT molecular complexity index is 567. The molecule has 4 heteroatoms. The topological polar surface area (TPSA) is 50.4 Å². The molecule has 0 bridgehead atoms. The molecular formula is C12H13N3O. The van der Waals surface area contributed by atoms with Crippen molar-refractivity contribution in [2.75, 3.05) is 0 Å². The predicted octanol–water partition coefficient (Wildman–Crippen LogP) is 2.57. The van der Waals surface area contributed by atoms with Crippen LogP contribution < -0.4 is 0 Å². The number of hydrogen-bond acceptors (Lipinski definition) is 3. The van der Waals surface area contributed by atoms with Crippen molar-refractivity contribution in [3.05, 3.63) is 30.1 Å². The monoisotopic (exact) mass is 215 g/mol. The van der Waals surface area contributed by atoms with E-state index >= 15 is 0 Å². The van der Waals surface area contributed by atoms with Gasteiger partial charge < -0.3 is 9.77 Å². The minimum atomic E-state index is 0.617. The SMILES string of the molecule is CC(=NO)c1ccc2ncn(C3CC3)c2c1. The van der Waals surface area contributed by atoms with Gasteiger partial charge in [0.1, 0.15) is 0 Å². The van der Waals surface area contributed by atoms with Crippen LogP contribution in [0.4, 0.5) is 0 Å². The van der Waals surface area contributed by atoms with Gasteiger partial charge in [-0.2, -0.15) is 0 Å². The fourth-order valence-electron chi connectivity index (χ4n) is 1.95. The molecule has 1 heterocycles. The Morgan fingerprint density at radius 3 is 3.00 bits per heavy atom. The van der Waals surface area contributed by atoms with Gasteiger partial charge in [0.25, 0.3) is 0 Å². The zero-order valence-electron chi connectivity index (χ0n) is 9.09. The molecule has 4 nitrogen and oxygen atoms in total. The van der Waals surface area contributed by atoms with E-state index in [0.29, 0.717) is 11.8 Å². The van der Waals surface area contributed by atoms with Crippen molar-refractivity contribution in [2.24, 2.45) is 5.16 Å². The molecular weight excluding hydrogens is 202 g/mol. The van der Waals surface area contributed by atoms with E-state index in [0.717, 1.165) is 16.6 Å². The summed E-state index contributed by atoms with van der Waals surface area (Å²) in [6.45, 7) is 1.79. The van der Waals surface area contributed by atoms with E-state index < -0.39 is 0 Å². The third-order valence-corrected chi connectivity index (χ3v) is 3.08. The van der Waals surface area contributed by atoms with Crippen LogP contribution in [0.1, 0.15) is 31.4 Å². The fourth-order valence-corrected chi connectivity index (χ4v) is 1.95. The molecule has 1 aromatic carbocycles. The molecule has 0 amide bonds. The number of rotatable bonds is 2. The lowest BCUT2D eigenvalue weighted by Crippen LogP contribution is -1.96. The third kappa shape index (κ3) is 1.38. The van der Waals surface area contributed by atoms with Crippen molar-refractivity contribution in [2.45, 2.75) is 25.8 Å². The molecule has 0 radical (unpaired) electrons. The molecule has 0 atom stereocenters. The first kappa shape index (κ1) is 9.39. The highest BCUT2D eigenvalue weighted by molar-refractivity contribution is 6.00. The summed E-state index contributed by atoms with van der Waals surface area (Å²) in [6, 6.07) is 6.56. The van der Waals surface area contributed by atoms with Crippen LogP contribution in [0.25, 0.3) is 11.0 Å². The van der Waals surface area contributed by atoms with E-state index in [1.807, 2.05) is 24.5 Å². The highest BCUT2D eigenvalue weighted by Gasteiger charge is 2.24. The number of imidazole rings is 1. The molecule has 3 rings (SSSR count). The lowest BCUT2D eigenvalue weighted by Gasteiger charge is -2.03. The Morgan fingerprint density at radius 1 is 1.50 bits per heavy atom. The van der Waals surface area contributed by atoms with Crippen molar-refractivity contribution >= 4 is 16.7 Å². The van der Waals surface area contributed by atoms with Gasteiger partial charge in [-0.25, -0.2) is 4.98 Å². The second-order valence-electron chi connectivity index (χ2n) is 4.27. The summed E-state index contributed by atoms with van der Waals surface area (Å²) in [5.41, 5.74) is 3.70. The van der Waals surface area contributed by atoms with Crippen molar-refractivity contribution in [3.63, 3.8) is 0 Å². The Morgan fingerprint density at radius 2 is 2.31 bits per heavy atom. The lowest BCUT2D eigenvalue weighted by molar-refractivity contribution is 0.319. The minimum Gasteiger partial charge on any atom is -0.411 e. The summed E-state index contributed by atoms with van der Waals surface area (Å²) >= 11 is 0. The van der Waals surface area contributed by atoms with Gasteiger partial charge in [0.15, 0.2) is 0 Å². The van der Waals surface area contributed by atoms with Gasteiger partial charge in [0, 0.05) is 11.6 Å². The summed E-state index contributed by atoms with van der Waals surface area (Å²) in [6.07, 6.45) is 4.38. The van der Waals surface area contributed by atoms with Crippen LogP contribution in [0.2, 0.25) is 0 Å². The number of nitrogens with zero attached hydrogens (tertiary/aromatic N) is 3. The number of hydrogen-bond donors (Lipinski definition) is 1. The molecule has 2 aromatic rings. The molecule has 1 N–H and O–H groups in total. The van der Waals surface area contributed by atoms with Gasteiger partial charge in [0.05, 0.1) is 23.1 Å². The summed E-state index contributed by atoms with van der Waals surface area (Å²) in [5.74, 6) is 0. The number of benzene rings is 1. The molecule has 1 aromatic heterocycles. The zero-order chi connectivity index (χ0) is 11.1. The smallest absolute Gasteiger partial charge is 0.0960 e. The maximum Gasteiger partial charge on any atom is 0.0960 e. The summed E-state index contributed by atoms with van der Waals surface area (Å²) < 4.78 is 2.21. The van der Waals surface area contributed by atoms with E-state index in [1.54, 1.807) is 6.92 Å². The van der Waals surface area contributed by atoms with E-state index in [1.165, 1.54) is 12.8 Å². The average Bonchev–Trinajstić information content (AvgIpc) is 3.08. The van der Waals surface area contributed by atoms with Gasteiger partial charge >= 0.3 is 0 Å². The maximum atomic E-state index is 8.77. The molecule has 1 aliphatic rings. The average molecular weight is 215 g/mol. The van der Waals surface area contributed by atoms with E-state index in [9.17, 15) is 0 Å². The van der Waals surface area contributed by atoms with Gasteiger partial charge in [-0.05, 0) is 31.9 Å². The minimum absolute atomic E-state index is 0.617. The molecule has 16 heavy (non-hydrogen) atoms. The largest absolute Gasteiger partial charge is 0.411 e. The third-order valence-electron chi connectivity index (χ3n) is 3.08. The van der Waals surface area contributed by atoms with Crippen LogP contribution in [-0.2, 0) is 0 Å². The molecule has 1 fully saturated rings. The van der Waals surface area contributed by atoms with Crippen LogP contribution >= 0.6 is 0 Å². The van der Waals surface area contributed by atoms with Gasteiger partial charge in [-0.15, -0.1) is 0 Å². The van der Waals surface area contributed by atoms with Crippen molar-refractivity contribution in [3.8, 4) is 0 Å². The van der Waals surface area contributed by atoms with Gasteiger partial charge in [-0.3, -0.25) is 0 Å². The molecule has 0 spiro atoms. The molecule has 0 unspecified atom stereocenters. The molecule has 0 aliphatic heterocycles. The number of oxime groups is 1. The Hall–Kier alpha value is -1.84. The normalized spacial score (nSPS) is 16.9. The standard InChI is InChI=1S/C12H13N3O/c1-8(14-16)9-2-5-11-12(6-9)15(7-13-11)10-3-4-10/h2,5-7,10,16H,3-4H2,1H3. The fraction of sp³-hybridized carbons (Fsp3) is 0.333. The second kappa shape index (κ2) is 3.33. The predicted molar refractivity (Wildman–Crippen MR) is 62.0 cm³/mol.